The standard InChI is InChI=1S/C22H21N5O3/c1-22(15-10-11-15)20(29)27(21(30)25-22)13-17(28)24-19-18(14-7-3-2-4-8-14)23-16-9-5-6-12-26(16)19/h2-9,12,15H,10-11,13H2,1H3,(H,24,28)(H,25,30). The molecule has 1 aliphatic carbocycles. The summed E-state index contributed by atoms with van der Waals surface area (Å²) in [5.74, 6) is -0.155. The number of carbonyl (C=O) groups is 3. The third kappa shape index (κ3) is 2.92. The number of nitrogens with one attached hydrogen (secondary N) is 2. The summed E-state index contributed by atoms with van der Waals surface area (Å²) in [5, 5.41) is 5.62. The summed E-state index contributed by atoms with van der Waals surface area (Å²) in [6, 6.07) is 14.6. The minimum absolute atomic E-state index is 0.144. The maximum Gasteiger partial charge on any atom is 0.325 e. The number of amides is 4. The van der Waals surface area contributed by atoms with Gasteiger partial charge >= 0.3 is 6.03 Å². The molecular weight excluding hydrogens is 382 g/mol. The summed E-state index contributed by atoms with van der Waals surface area (Å²) >= 11 is 0. The van der Waals surface area contributed by atoms with Crippen LogP contribution in [0.4, 0.5) is 10.6 Å². The Kier molecular flexibility index (Phi) is 4.09. The number of rotatable bonds is 5. The summed E-state index contributed by atoms with van der Waals surface area (Å²) in [5.41, 5.74) is 1.25. The maximum absolute atomic E-state index is 12.9. The number of imide groups is 1. The van der Waals surface area contributed by atoms with Gasteiger partial charge in [0.05, 0.1) is 0 Å². The molecule has 1 aliphatic heterocycles. The highest BCUT2D eigenvalue weighted by Crippen LogP contribution is 2.42. The van der Waals surface area contributed by atoms with E-state index in [0.717, 1.165) is 23.3 Å². The normalized spacial score (nSPS) is 21.2. The van der Waals surface area contributed by atoms with Crippen molar-refractivity contribution < 1.29 is 14.4 Å². The van der Waals surface area contributed by atoms with Crippen LogP contribution in [-0.4, -0.2) is 44.2 Å². The first-order chi connectivity index (χ1) is 14.5. The van der Waals surface area contributed by atoms with Crippen LogP contribution in [0.5, 0.6) is 0 Å². The minimum Gasteiger partial charge on any atom is -0.323 e. The summed E-state index contributed by atoms with van der Waals surface area (Å²) in [6.45, 7) is 1.39. The van der Waals surface area contributed by atoms with Crippen LogP contribution in [0.2, 0.25) is 0 Å². The van der Waals surface area contributed by atoms with E-state index in [1.165, 1.54) is 0 Å². The Labute approximate surface area is 172 Å². The van der Waals surface area contributed by atoms with E-state index in [2.05, 4.69) is 15.6 Å². The van der Waals surface area contributed by atoms with E-state index in [1.54, 1.807) is 11.3 Å². The fraction of sp³-hybridized carbons (Fsp3) is 0.273. The Morgan fingerprint density at radius 1 is 1.17 bits per heavy atom. The number of hydrogen-bond donors (Lipinski definition) is 2. The van der Waals surface area contributed by atoms with Crippen molar-refractivity contribution in [1.29, 1.82) is 0 Å². The lowest BCUT2D eigenvalue weighted by atomic mass is 9.96. The number of urea groups is 1. The van der Waals surface area contributed by atoms with E-state index >= 15 is 0 Å². The van der Waals surface area contributed by atoms with Crippen molar-refractivity contribution in [3.8, 4) is 11.3 Å². The monoisotopic (exact) mass is 403 g/mol. The summed E-state index contributed by atoms with van der Waals surface area (Å²) < 4.78 is 1.78. The number of aromatic nitrogens is 2. The van der Waals surface area contributed by atoms with E-state index in [1.807, 2.05) is 54.7 Å². The molecule has 1 saturated carbocycles. The molecule has 2 fully saturated rings. The van der Waals surface area contributed by atoms with Crippen LogP contribution < -0.4 is 10.6 Å². The van der Waals surface area contributed by atoms with Gasteiger partial charge in [0, 0.05) is 11.8 Å². The molecule has 0 spiro atoms. The highest BCUT2D eigenvalue weighted by Gasteiger charge is 2.56. The molecule has 8 nitrogen and oxygen atoms in total. The first kappa shape index (κ1) is 18.4. The van der Waals surface area contributed by atoms with Crippen LogP contribution in [0.3, 0.4) is 0 Å². The Hall–Kier alpha value is -3.68. The molecule has 1 saturated heterocycles. The molecule has 1 atom stereocenters. The van der Waals surface area contributed by atoms with Gasteiger partial charge in [-0.1, -0.05) is 36.4 Å². The Balaban J connectivity index is 1.43. The van der Waals surface area contributed by atoms with Crippen LogP contribution in [0, 0.1) is 5.92 Å². The number of nitrogens with zero attached hydrogens (tertiary/aromatic N) is 3. The number of benzene rings is 1. The van der Waals surface area contributed by atoms with E-state index < -0.39 is 17.5 Å². The lowest BCUT2D eigenvalue weighted by Gasteiger charge is -2.20. The zero-order chi connectivity index (χ0) is 20.9. The van der Waals surface area contributed by atoms with Gasteiger partial charge in [-0.3, -0.25) is 18.9 Å². The van der Waals surface area contributed by atoms with Crippen LogP contribution in [0.25, 0.3) is 16.9 Å². The number of fused-ring (bicyclic) bond motifs is 1. The van der Waals surface area contributed by atoms with E-state index in [9.17, 15) is 14.4 Å². The van der Waals surface area contributed by atoms with Crippen molar-refractivity contribution in [2.75, 3.05) is 11.9 Å². The highest BCUT2D eigenvalue weighted by molar-refractivity contribution is 6.10. The van der Waals surface area contributed by atoms with Gasteiger partial charge in [0.1, 0.15) is 29.2 Å². The van der Waals surface area contributed by atoms with E-state index in [4.69, 9.17) is 0 Å². The molecule has 30 heavy (non-hydrogen) atoms. The maximum atomic E-state index is 12.9. The van der Waals surface area contributed by atoms with Crippen LogP contribution in [0.1, 0.15) is 19.8 Å². The van der Waals surface area contributed by atoms with Crippen LogP contribution >= 0.6 is 0 Å². The second-order valence-corrected chi connectivity index (χ2v) is 7.95. The third-order valence-corrected chi connectivity index (χ3v) is 5.83. The second kappa shape index (κ2) is 6.69. The number of imidazole rings is 1. The molecule has 1 unspecified atom stereocenters. The zero-order valence-corrected chi connectivity index (χ0v) is 16.5. The topological polar surface area (TPSA) is 95.8 Å². The van der Waals surface area contributed by atoms with Gasteiger partial charge in [0.25, 0.3) is 5.91 Å². The molecule has 0 radical (unpaired) electrons. The van der Waals surface area contributed by atoms with Crippen molar-refractivity contribution in [1.82, 2.24) is 19.6 Å². The van der Waals surface area contributed by atoms with Crippen LogP contribution in [0.15, 0.2) is 54.7 Å². The van der Waals surface area contributed by atoms with Crippen molar-refractivity contribution >= 4 is 29.3 Å². The molecule has 0 bridgehead atoms. The van der Waals surface area contributed by atoms with Gasteiger partial charge in [-0.2, -0.15) is 0 Å². The smallest absolute Gasteiger partial charge is 0.323 e. The largest absolute Gasteiger partial charge is 0.325 e. The molecule has 4 amide bonds. The molecule has 5 rings (SSSR count). The summed E-state index contributed by atoms with van der Waals surface area (Å²) in [4.78, 5) is 43.7. The summed E-state index contributed by atoms with van der Waals surface area (Å²) in [6.07, 6.45) is 3.62. The first-order valence-electron chi connectivity index (χ1n) is 9.94. The van der Waals surface area contributed by atoms with E-state index in [0.29, 0.717) is 17.2 Å². The predicted molar refractivity (Wildman–Crippen MR) is 111 cm³/mol. The molecule has 2 aromatic heterocycles. The van der Waals surface area contributed by atoms with Crippen molar-refractivity contribution in [3.63, 3.8) is 0 Å². The predicted octanol–water partition coefficient (Wildman–Crippen LogP) is 2.66. The SMILES string of the molecule is CC1(C2CC2)NC(=O)N(CC(=O)Nc2c(-c3ccccc3)nc3ccccn23)C1=O. The molecule has 3 aromatic rings. The van der Waals surface area contributed by atoms with Gasteiger partial charge in [0.2, 0.25) is 5.91 Å². The van der Waals surface area contributed by atoms with E-state index in [-0.39, 0.29) is 18.4 Å². The molecule has 3 heterocycles. The van der Waals surface area contributed by atoms with Gasteiger partial charge in [-0.15, -0.1) is 0 Å². The molecule has 8 heteroatoms. The molecule has 1 aromatic carbocycles. The number of pyridine rings is 1. The molecule has 152 valence electrons. The Morgan fingerprint density at radius 2 is 1.90 bits per heavy atom. The zero-order valence-electron chi connectivity index (χ0n) is 16.5. The van der Waals surface area contributed by atoms with Gasteiger partial charge < -0.3 is 10.6 Å². The number of hydrogen-bond acceptors (Lipinski definition) is 4. The fourth-order valence-electron chi connectivity index (χ4n) is 4.02. The lowest BCUT2D eigenvalue weighted by molar-refractivity contribution is -0.134. The highest BCUT2D eigenvalue weighted by atomic mass is 16.2. The van der Waals surface area contributed by atoms with Gasteiger partial charge in [-0.25, -0.2) is 9.78 Å². The van der Waals surface area contributed by atoms with Gasteiger partial charge in [-0.05, 0) is 37.8 Å². The third-order valence-electron chi connectivity index (χ3n) is 5.83. The molecule has 2 N–H and O–H groups in total. The van der Waals surface area contributed by atoms with Crippen molar-refractivity contribution in [2.45, 2.75) is 25.3 Å². The first-order valence-corrected chi connectivity index (χ1v) is 9.94. The number of carbonyl (C=O) groups excluding carboxylic acids is 3. The number of anilines is 1. The quantitative estimate of drug-likeness (QED) is 0.640. The lowest BCUT2D eigenvalue weighted by Crippen LogP contribution is -2.46. The van der Waals surface area contributed by atoms with Gasteiger partial charge in [0.15, 0.2) is 0 Å². The summed E-state index contributed by atoms with van der Waals surface area (Å²) in [7, 11) is 0. The van der Waals surface area contributed by atoms with Crippen LogP contribution in [-0.2, 0) is 9.59 Å². The van der Waals surface area contributed by atoms with Crippen molar-refractivity contribution in [2.24, 2.45) is 5.92 Å². The fourth-order valence-corrected chi connectivity index (χ4v) is 4.02. The van der Waals surface area contributed by atoms with Crippen molar-refractivity contribution in [3.05, 3.63) is 54.7 Å². The second-order valence-electron chi connectivity index (χ2n) is 7.95. The Bertz CT molecular complexity index is 1170. The molecular formula is C22H21N5O3. The molecule has 2 aliphatic rings. The average molecular weight is 403 g/mol. The average Bonchev–Trinajstić information content (AvgIpc) is 3.52. The Morgan fingerprint density at radius 3 is 2.63 bits per heavy atom. The minimum atomic E-state index is -0.907.